The van der Waals surface area contributed by atoms with Gasteiger partial charge in [0, 0.05) is 12.0 Å². The predicted octanol–water partition coefficient (Wildman–Crippen LogP) is 0.573. The van der Waals surface area contributed by atoms with Crippen molar-refractivity contribution in [2.75, 3.05) is 7.05 Å². The van der Waals surface area contributed by atoms with Crippen LogP contribution in [0.2, 0.25) is 0 Å². The molecule has 0 radical (unpaired) electrons. The van der Waals surface area contributed by atoms with Crippen LogP contribution in [0.25, 0.3) is 0 Å². The van der Waals surface area contributed by atoms with E-state index in [2.05, 4.69) is 5.32 Å². The molecule has 0 aromatic rings. The zero-order valence-corrected chi connectivity index (χ0v) is 5.76. The van der Waals surface area contributed by atoms with Crippen LogP contribution < -0.4 is 5.32 Å². The van der Waals surface area contributed by atoms with E-state index in [4.69, 9.17) is 0 Å². The number of hydrogen-bond acceptors (Lipinski definition) is 2. The van der Waals surface area contributed by atoms with Crippen molar-refractivity contribution in [1.29, 1.82) is 0 Å². The van der Waals surface area contributed by atoms with Gasteiger partial charge in [0.05, 0.1) is 0 Å². The van der Waals surface area contributed by atoms with Crippen molar-refractivity contribution in [3.63, 3.8) is 0 Å². The molecule has 1 rings (SSSR count). The molecule has 9 heavy (non-hydrogen) atoms. The summed E-state index contributed by atoms with van der Waals surface area (Å²) in [5.41, 5.74) is 0. The fourth-order valence-corrected chi connectivity index (χ4v) is 1.51. The van der Waals surface area contributed by atoms with E-state index >= 15 is 0 Å². The highest BCUT2D eigenvalue weighted by molar-refractivity contribution is 5.55. The van der Waals surface area contributed by atoms with Gasteiger partial charge in [-0.1, -0.05) is 6.42 Å². The molecular formula is C7H13NO. The Morgan fingerprint density at radius 1 is 1.56 bits per heavy atom. The molecule has 1 aliphatic carbocycles. The first kappa shape index (κ1) is 6.75. The minimum Gasteiger partial charge on any atom is -0.316 e. The second-order valence-corrected chi connectivity index (χ2v) is 2.63. The average Bonchev–Trinajstić information content (AvgIpc) is 2.33. The smallest absolute Gasteiger partial charge is 0.124 e. The third-order valence-electron chi connectivity index (χ3n) is 2.11. The summed E-state index contributed by atoms with van der Waals surface area (Å²) in [6.45, 7) is 0. The maximum absolute atomic E-state index is 10.3. The summed E-state index contributed by atoms with van der Waals surface area (Å²) < 4.78 is 0. The van der Waals surface area contributed by atoms with Gasteiger partial charge in [0.1, 0.15) is 6.29 Å². The van der Waals surface area contributed by atoms with Crippen LogP contribution in [0, 0.1) is 5.92 Å². The quantitative estimate of drug-likeness (QED) is 0.549. The van der Waals surface area contributed by atoms with Crippen LogP contribution in [0.5, 0.6) is 0 Å². The molecule has 0 saturated heterocycles. The Morgan fingerprint density at radius 3 is 2.78 bits per heavy atom. The van der Waals surface area contributed by atoms with Gasteiger partial charge in [-0.2, -0.15) is 0 Å². The maximum atomic E-state index is 10.3. The van der Waals surface area contributed by atoms with Gasteiger partial charge in [-0.25, -0.2) is 0 Å². The van der Waals surface area contributed by atoms with Gasteiger partial charge in [0.15, 0.2) is 0 Å². The van der Waals surface area contributed by atoms with Crippen LogP contribution in [-0.2, 0) is 4.79 Å². The second kappa shape index (κ2) is 2.97. The van der Waals surface area contributed by atoms with Crippen LogP contribution in [0.4, 0.5) is 0 Å². The lowest BCUT2D eigenvalue weighted by molar-refractivity contribution is -0.111. The number of carbonyl (C=O) groups is 1. The second-order valence-electron chi connectivity index (χ2n) is 2.63. The van der Waals surface area contributed by atoms with Crippen molar-refractivity contribution in [2.24, 2.45) is 5.92 Å². The van der Waals surface area contributed by atoms with Crippen LogP contribution >= 0.6 is 0 Å². The SMILES string of the molecule is CNC1CCCC1C=O. The number of nitrogens with one attached hydrogen (secondary N) is 1. The van der Waals surface area contributed by atoms with Gasteiger partial charge in [-0.15, -0.1) is 0 Å². The highest BCUT2D eigenvalue weighted by atomic mass is 16.1. The topological polar surface area (TPSA) is 29.1 Å². The lowest BCUT2D eigenvalue weighted by atomic mass is 10.1. The molecule has 0 aromatic carbocycles. The summed E-state index contributed by atoms with van der Waals surface area (Å²) in [6, 6.07) is 0.461. The third kappa shape index (κ3) is 1.30. The van der Waals surface area contributed by atoms with Crippen molar-refractivity contribution in [3.05, 3.63) is 0 Å². The van der Waals surface area contributed by atoms with E-state index in [-0.39, 0.29) is 5.92 Å². The number of carbonyl (C=O) groups excluding carboxylic acids is 1. The molecule has 0 bridgehead atoms. The minimum absolute atomic E-state index is 0.287. The highest BCUT2D eigenvalue weighted by Gasteiger charge is 2.24. The zero-order chi connectivity index (χ0) is 6.69. The number of aldehydes is 1. The Balaban J connectivity index is 2.41. The van der Waals surface area contributed by atoms with E-state index in [1.807, 2.05) is 7.05 Å². The third-order valence-corrected chi connectivity index (χ3v) is 2.11. The largest absolute Gasteiger partial charge is 0.316 e. The normalized spacial score (nSPS) is 34.8. The summed E-state index contributed by atoms with van der Waals surface area (Å²) in [7, 11) is 1.92. The van der Waals surface area contributed by atoms with E-state index in [0.29, 0.717) is 6.04 Å². The zero-order valence-electron chi connectivity index (χ0n) is 5.76. The lowest BCUT2D eigenvalue weighted by Crippen LogP contribution is -2.29. The molecule has 1 N–H and O–H groups in total. The van der Waals surface area contributed by atoms with Crippen molar-refractivity contribution >= 4 is 6.29 Å². The maximum Gasteiger partial charge on any atom is 0.124 e. The lowest BCUT2D eigenvalue weighted by Gasteiger charge is -2.11. The molecule has 0 aromatic heterocycles. The fourth-order valence-electron chi connectivity index (χ4n) is 1.51. The van der Waals surface area contributed by atoms with Gasteiger partial charge in [-0.3, -0.25) is 0 Å². The van der Waals surface area contributed by atoms with E-state index in [9.17, 15) is 4.79 Å². The van der Waals surface area contributed by atoms with Crippen molar-refractivity contribution in [2.45, 2.75) is 25.3 Å². The molecule has 52 valence electrons. The summed E-state index contributed by atoms with van der Waals surface area (Å²) in [6.07, 6.45) is 4.53. The Labute approximate surface area is 55.6 Å². The number of hydrogen-bond donors (Lipinski definition) is 1. The van der Waals surface area contributed by atoms with Crippen molar-refractivity contribution < 1.29 is 4.79 Å². The van der Waals surface area contributed by atoms with Crippen LogP contribution in [0.15, 0.2) is 0 Å². The standard InChI is InChI=1S/C7H13NO/c1-8-7-4-2-3-6(7)5-9/h5-8H,2-4H2,1H3. The van der Waals surface area contributed by atoms with Gasteiger partial charge in [-0.05, 0) is 19.9 Å². The molecule has 1 aliphatic rings. The first-order valence-electron chi connectivity index (χ1n) is 3.51. The van der Waals surface area contributed by atoms with Crippen molar-refractivity contribution in [1.82, 2.24) is 5.32 Å². The van der Waals surface area contributed by atoms with Gasteiger partial charge in [0.25, 0.3) is 0 Å². The Bertz CT molecular complexity index is 103. The summed E-state index contributed by atoms with van der Waals surface area (Å²) in [5.74, 6) is 0.287. The molecule has 1 fully saturated rings. The van der Waals surface area contributed by atoms with Gasteiger partial charge in [0.2, 0.25) is 0 Å². The molecule has 2 nitrogen and oxygen atoms in total. The Kier molecular flexibility index (Phi) is 2.22. The minimum atomic E-state index is 0.287. The van der Waals surface area contributed by atoms with E-state index in [1.165, 1.54) is 12.8 Å². The fraction of sp³-hybridized carbons (Fsp3) is 0.857. The summed E-state index contributed by atoms with van der Waals surface area (Å²) in [5, 5.41) is 3.13. The molecule has 1 saturated carbocycles. The Morgan fingerprint density at radius 2 is 2.33 bits per heavy atom. The Hall–Kier alpha value is -0.370. The van der Waals surface area contributed by atoms with Gasteiger partial charge < -0.3 is 10.1 Å². The molecule has 0 aliphatic heterocycles. The van der Waals surface area contributed by atoms with Crippen molar-refractivity contribution in [3.8, 4) is 0 Å². The van der Waals surface area contributed by atoms with Crippen LogP contribution in [0.3, 0.4) is 0 Å². The molecule has 0 amide bonds. The molecular weight excluding hydrogens is 114 g/mol. The first-order chi connectivity index (χ1) is 4.38. The molecule has 0 spiro atoms. The molecule has 2 heteroatoms. The monoisotopic (exact) mass is 127 g/mol. The summed E-state index contributed by atoms with van der Waals surface area (Å²) >= 11 is 0. The molecule has 2 atom stereocenters. The highest BCUT2D eigenvalue weighted by Crippen LogP contribution is 2.22. The summed E-state index contributed by atoms with van der Waals surface area (Å²) in [4.78, 5) is 10.3. The molecule has 0 heterocycles. The van der Waals surface area contributed by atoms with Crippen LogP contribution in [0.1, 0.15) is 19.3 Å². The van der Waals surface area contributed by atoms with Gasteiger partial charge >= 0.3 is 0 Å². The van der Waals surface area contributed by atoms with E-state index < -0.39 is 0 Å². The number of rotatable bonds is 2. The average molecular weight is 127 g/mol. The first-order valence-corrected chi connectivity index (χ1v) is 3.51. The van der Waals surface area contributed by atoms with Crippen LogP contribution in [-0.4, -0.2) is 19.4 Å². The van der Waals surface area contributed by atoms with E-state index in [0.717, 1.165) is 12.7 Å². The van der Waals surface area contributed by atoms with E-state index in [1.54, 1.807) is 0 Å². The predicted molar refractivity (Wildman–Crippen MR) is 36.3 cm³/mol. The molecule has 2 unspecified atom stereocenters.